The number of aromatic nitrogens is 2. The summed E-state index contributed by atoms with van der Waals surface area (Å²) in [7, 11) is 0. The van der Waals surface area contributed by atoms with Crippen molar-refractivity contribution in [3.05, 3.63) is 70.9 Å². The van der Waals surface area contributed by atoms with Crippen LogP contribution in [0.2, 0.25) is 0 Å². The van der Waals surface area contributed by atoms with E-state index in [1.165, 1.54) is 6.07 Å². The molecule has 0 aliphatic rings. The molecule has 0 unspecified atom stereocenters. The van der Waals surface area contributed by atoms with Crippen molar-refractivity contribution in [2.45, 2.75) is 20.4 Å². The molecular weight excluding hydrogens is 390 g/mol. The van der Waals surface area contributed by atoms with E-state index < -0.39 is 11.9 Å². The Morgan fingerprint density at radius 1 is 1.13 bits per heavy atom. The molecule has 0 bridgehead atoms. The number of hydrogen-bond donors (Lipinski definition) is 2. The van der Waals surface area contributed by atoms with Gasteiger partial charge in [0.15, 0.2) is 12.4 Å². The highest BCUT2D eigenvalue weighted by molar-refractivity contribution is 5.98. The molecule has 0 spiro atoms. The molecule has 2 aromatic heterocycles. The zero-order chi connectivity index (χ0) is 21.7. The Morgan fingerprint density at radius 2 is 1.87 bits per heavy atom. The summed E-state index contributed by atoms with van der Waals surface area (Å²) >= 11 is 0. The minimum absolute atomic E-state index is 0.00159. The largest absolute Gasteiger partial charge is 0.484 e. The summed E-state index contributed by atoms with van der Waals surface area (Å²) in [6.45, 7) is 4.00. The summed E-state index contributed by atoms with van der Waals surface area (Å²) in [5.74, 6) is -0.385. The van der Waals surface area contributed by atoms with Gasteiger partial charge < -0.3 is 25.5 Å². The number of furan rings is 1. The number of ether oxygens (including phenoxy) is 1. The third-order valence-electron chi connectivity index (χ3n) is 4.03. The number of amidine groups is 1. The van der Waals surface area contributed by atoms with Crippen LogP contribution in [0.4, 0.5) is 0 Å². The summed E-state index contributed by atoms with van der Waals surface area (Å²) in [5.41, 5.74) is 13.2. The van der Waals surface area contributed by atoms with Crippen LogP contribution in [0.3, 0.4) is 0 Å². The van der Waals surface area contributed by atoms with Crippen LogP contribution in [-0.4, -0.2) is 34.1 Å². The maximum atomic E-state index is 12.2. The molecule has 0 aliphatic heterocycles. The molecule has 0 radical (unpaired) electrons. The van der Waals surface area contributed by atoms with Crippen molar-refractivity contribution < 1.29 is 23.6 Å². The molecule has 0 aliphatic carbocycles. The van der Waals surface area contributed by atoms with E-state index in [1.54, 1.807) is 35.0 Å². The molecule has 10 nitrogen and oxygen atoms in total. The van der Waals surface area contributed by atoms with Gasteiger partial charge in [0.05, 0.1) is 12.2 Å². The summed E-state index contributed by atoms with van der Waals surface area (Å²) in [4.78, 5) is 27.7. The van der Waals surface area contributed by atoms with Crippen LogP contribution in [0.5, 0.6) is 5.75 Å². The summed E-state index contributed by atoms with van der Waals surface area (Å²) in [5, 5.41) is 7.99. The predicted molar refractivity (Wildman–Crippen MR) is 107 cm³/mol. The van der Waals surface area contributed by atoms with Crippen molar-refractivity contribution in [3.8, 4) is 5.75 Å². The van der Waals surface area contributed by atoms with Crippen LogP contribution in [0.1, 0.15) is 33.3 Å². The number of primary amides is 1. The Labute approximate surface area is 172 Å². The number of amides is 1. The monoisotopic (exact) mass is 411 g/mol. The number of hydrogen-bond acceptors (Lipinski definition) is 7. The fourth-order valence-electron chi connectivity index (χ4n) is 2.62. The van der Waals surface area contributed by atoms with Crippen LogP contribution in [0.25, 0.3) is 0 Å². The maximum Gasteiger partial charge on any atom is 0.400 e. The van der Waals surface area contributed by atoms with Gasteiger partial charge >= 0.3 is 5.97 Å². The van der Waals surface area contributed by atoms with Crippen LogP contribution in [0.15, 0.2) is 52.0 Å². The molecule has 0 saturated heterocycles. The van der Waals surface area contributed by atoms with E-state index in [-0.39, 0.29) is 18.2 Å². The van der Waals surface area contributed by atoms with Gasteiger partial charge in [-0.05, 0) is 56.3 Å². The highest BCUT2D eigenvalue weighted by atomic mass is 16.7. The van der Waals surface area contributed by atoms with Crippen molar-refractivity contribution in [1.29, 1.82) is 0 Å². The van der Waals surface area contributed by atoms with Crippen molar-refractivity contribution in [2.24, 2.45) is 16.6 Å². The molecule has 1 amide bonds. The van der Waals surface area contributed by atoms with Gasteiger partial charge in [-0.2, -0.15) is 5.10 Å². The predicted octanol–water partition coefficient (Wildman–Crippen LogP) is 1.48. The highest BCUT2D eigenvalue weighted by Crippen LogP contribution is 2.14. The second-order valence-electron chi connectivity index (χ2n) is 6.49. The van der Waals surface area contributed by atoms with E-state index in [9.17, 15) is 9.59 Å². The van der Waals surface area contributed by atoms with Crippen molar-refractivity contribution in [1.82, 2.24) is 9.78 Å². The number of nitrogens with zero attached hydrogens (tertiary/aromatic N) is 3. The number of carbonyl (C=O) groups is 2. The number of benzene rings is 1. The first kappa shape index (κ1) is 20.6. The molecule has 30 heavy (non-hydrogen) atoms. The number of aryl methyl sites for hydroxylation is 2. The zero-order valence-corrected chi connectivity index (χ0v) is 16.5. The summed E-state index contributed by atoms with van der Waals surface area (Å²) in [6.07, 6.45) is 0. The lowest BCUT2D eigenvalue weighted by molar-refractivity contribution is -0.119. The fraction of sp³-hybridized carbons (Fsp3) is 0.200. The Kier molecular flexibility index (Phi) is 6.16. The van der Waals surface area contributed by atoms with Gasteiger partial charge in [0.2, 0.25) is 5.76 Å². The van der Waals surface area contributed by atoms with Crippen molar-refractivity contribution >= 4 is 17.7 Å². The molecule has 2 heterocycles. The minimum atomic E-state index is -0.779. The number of carbonyl (C=O) groups excluding carboxylic acids is 2. The van der Waals surface area contributed by atoms with Crippen LogP contribution < -0.4 is 16.2 Å². The Bertz CT molecular complexity index is 1080. The van der Waals surface area contributed by atoms with E-state index in [2.05, 4.69) is 10.3 Å². The number of nitrogens with two attached hydrogens (primary N) is 2. The molecule has 10 heteroatoms. The Hall–Kier alpha value is -4.08. The summed E-state index contributed by atoms with van der Waals surface area (Å²) in [6, 6.07) is 11.5. The quantitative estimate of drug-likeness (QED) is 0.247. The van der Waals surface area contributed by atoms with E-state index in [4.69, 9.17) is 25.5 Å². The molecule has 3 rings (SSSR count). The maximum absolute atomic E-state index is 12.2. The lowest BCUT2D eigenvalue weighted by Gasteiger charge is -2.05. The van der Waals surface area contributed by atoms with Gasteiger partial charge in [-0.25, -0.2) is 4.79 Å². The topological polar surface area (TPSA) is 148 Å². The van der Waals surface area contributed by atoms with Gasteiger partial charge in [-0.1, -0.05) is 5.16 Å². The van der Waals surface area contributed by atoms with Crippen molar-refractivity contribution in [3.63, 3.8) is 0 Å². The average Bonchev–Trinajstić information content (AvgIpc) is 3.31. The SMILES string of the molecule is Cc1cc(C)n(Cc2ccc(C(=O)O/N=C(\N)c3ccc(OCC(N)=O)cc3)o2)n1. The minimum Gasteiger partial charge on any atom is -0.484 e. The van der Waals surface area contributed by atoms with E-state index in [0.29, 0.717) is 23.6 Å². The number of oxime groups is 1. The Morgan fingerprint density at radius 3 is 2.50 bits per heavy atom. The molecule has 4 N–H and O–H groups in total. The second-order valence-corrected chi connectivity index (χ2v) is 6.49. The Balaban J connectivity index is 1.59. The zero-order valence-electron chi connectivity index (χ0n) is 16.5. The van der Waals surface area contributed by atoms with E-state index >= 15 is 0 Å². The van der Waals surface area contributed by atoms with Gasteiger partial charge in [0.1, 0.15) is 11.5 Å². The summed E-state index contributed by atoms with van der Waals surface area (Å²) < 4.78 is 12.4. The number of rotatable bonds is 8. The second kappa shape index (κ2) is 8.95. The first-order valence-corrected chi connectivity index (χ1v) is 8.98. The molecule has 0 fully saturated rings. The smallest absolute Gasteiger partial charge is 0.400 e. The standard InChI is InChI=1S/C20H21N5O5/c1-12-9-13(2)25(23-12)10-16-7-8-17(29-16)20(27)30-24-19(22)14-3-5-15(6-4-14)28-11-18(21)26/h3-9H,10-11H2,1-2H3,(H2,21,26)(H2,22,24). The normalized spacial score (nSPS) is 11.3. The lowest BCUT2D eigenvalue weighted by Crippen LogP contribution is -2.20. The lowest BCUT2D eigenvalue weighted by atomic mass is 10.2. The molecule has 156 valence electrons. The van der Waals surface area contributed by atoms with Gasteiger partial charge in [0, 0.05) is 11.3 Å². The average molecular weight is 411 g/mol. The molecule has 0 atom stereocenters. The van der Waals surface area contributed by atoms with Crippen LogP contribution >= 0.6 is 0 Å². The molecule has 3 aromatic rings. The first-order chi connectivity index (χ1) is 14.3. The molecular formula is C20H21N5O5. The van der Waals surface area contributed by atoms with E-state index in [1.807, 2.05) is 19.9 Å². The van der Waals surface area contributed by atoms with Crippen molar-refractivity contribution in [2.75, 3.05) is 6.61 Å². The van der Waals surface area contributed by atoms with Gasteiger partial charge in [-0.3, -0.25) is 9.48 Å². The highest BCUT2D eigenvalue weighted by Gasteiger charge is 2.15. The fourth-order valence-corrected chi connectivity index (χ4v) is 2.62. The third-order valence-corrected chi connectivity index (χ3v) is 4.03. The molecule has 0 saturated carbocycles. The third kappa shape index (κ3) is 5.25. The van der Waals surface area contributed by atoms with Gasteiger partial charge in [-0.15, -0.1) is 0 Å². The van der Waals surface area contributed by atoms with Crippen LogP contribution in [-0.2, 0) is 16.2 Å². The van der Waals surface area contributed by atoms with Crippen LogP contribution in [0, 0.1) is 13.8 Å². The van der Waals surface area contributed by atoms with E-state index in [0.717, 1.165) is 11.4 Å². The molecule has 1 aromatic carbocycles. The first-order valence-electron chi connectivity index (χ1n) is 8.98. The van der Waals surface area contributed by atoms with Gasteiger partial charge in [0.25, 0.3) is 5.91 Å².